The van der Waals surface area contributed by atoms with Crippen LogP contribution in [0.5, 0.6) is 5.88 Å². The Hall–Kier alpha value is -1.49. The Morgan fingerprint density at radius 1 is 1.38 bits per heavy atom. The van der Waals surface area contributed by atoms with Crippen LogP contribution in [0, 0.1) is 5.92 Å². The molecule has 0 aliphatic heterocycles. The molecular weight excluding hydrogens is 266 g/mol. The number of rotatable bonds is 9. The minimum absolute atomic E-state index is 0.468. The van der Waals surface area contributed by atoms with Crippen molar-refractivity contribution in [2.24, 2.45) is 5.92 Å². The predicted molar refractivity (Wildman–Crippen MR) is 85.8 cm³/mol. The first-order chi connectivity index (χ1) is 10.2. The zero-order valence-corrected chi connectivity index (χ0v) is 13.3. The van der Waals surface area contributed by atoms with Gasteiger partial charge in [-0.2, -0.15) is 4.98 Å². The molecule has 118 valence electrons. The highest BCUT2D eigenvalue weighted by Crippen LogP contribution is 2.37. The van der Waals surface area contributed by atoms with E-state index in [1.807, 2.05) is 12.1 Å². The Kier molecular flexibility index (Phi) is 5.67. The van der Waals surface area contributed by atoms with Crippen molar-refractivity contribution in [2.45, 2.75) is 39.2 Å². The summed E-state index contributed by atoms with van der Waals surface area (Å²) >= 11 is 0. The van der Waals surface area contributed by atoms with Crippen LogP contribution in [0.25, 0.3) is 0 Å². The number of nitrogen functional groups attached to an aromatic ring is 1. The van der Waals surface area contributed by atoms with Crippen molar-refractivity contribution in [1.29, 1.82) is 0 Å². The van der Waals surface area contributed by atoms with Gasteiger partial charge in [0.25, 0.3) is 0 Å². The van der Waals surface area contributed by atoms with Gasteiger partial charge >= 0.3 is 0 Å². The van der Waals surface area contributed by atoms with E-state index in [-0.39, 0.29) is 0 Å². The summed E-state index contributed by atoms with van der Waals surface area (Å²) < 4.78 is 10.9. The first-order valence-electron chi connectivity index (χ1n) is 7.82. The van der Waals surface area contributed by atoms with E-state index in [4.69, 9.17) is 15.2 Å². The predicted octanol–water partition coefficient (Wildman–Crippen LogP) is 2.70. The molecule has 1 aliphatic carbocycles. The highest BCUT2D eigenvalue weighted by atomic mass is 16.5. The number of nitrogens with two attached hydrogens (primary N) is 1. The number of anilines is 2. The van der Waals surface area contributed by atoms with Gasteiger partial charge in [0.15, 0.2) is 0 Å². The highest BCUT2D eigenvalue weighted by Gasteiger charge is 2.32. The fourth-order valence-corrected chi connectivity index (χ4v) is 2.47. The largest absolute Gasteiger partial charge is 0.476 e. The number of pyridine rings is 1. The lowest BCUT2D eigenvalue weighted by Crippen LogP contribution is -2.38. The number of hydrogen-bond acceptors (Lipinski definition) is 5. The first kappa shape index (κ1) is 15.9. The molecule has 21 heavy (non-hydrogen) atoms. The van der Waals surface area contributed by atoms with Gasteiger partial charge in [0.1, 0.15) is 5.82 Å². The van der Waals surface area contributed by atoms with E-state index in [1.54, 1.807) is 7.11 Å². The van der Waals surface area contributed by atoms with Crippen molar-refractivity contribution in [1.82, 2.24) is 4.98 Å². The molecule has 0 amide bonds. The summed E-state index contributed by atoms with van der Waals surface area (Å²) in [4.78, 5) is 6.92. The molecule has 5 heteroatoms. The molecule has 1 heterocycles. The first-order valence-corrected chi connectivity index (χ1v) is 7.82. The van der Waals surface area contributed by atoms with Crippen LogP contribution in [0.2, 0.25) is 0 Å². The molecule has 1 fully saturated rings. The van der Waals surface area contributed by atoms with Crippen LogP contribution in [-0.4, -0.2) is 37.9 Å². The van der Waals surface area contributed by atoms with E-state index >= 15 is 0 Å². The number of nitrogens with zero attached hydrogens (tertiary/aromatic N) is 2. The molecule has 0 radical (unpaired) electrons. The van der Waals surface area contributed by atoms with Gasteiger partial charge in [0, 0.05) is 19.7 Å². The summed E-state index contributed by atoms with van der Waals surface area (Å²) in [5.41, 5.74) is 6.54. The van der Waals surface area contributed by atoms with Crippen molar-refractivity contribution in [2.75, 3.05) is 37.5 Å². The average Bonchev–Trinajstić information content (AvgIpc) is 3.32. The van der Waals surface area contributed by atoms with Gasteiger partial charge in [-0.1, -0.05) is 6.92 Å². The maximum Gasteiger partial charge on any atom is 0.239 e. The molecule has 1 aromatic rings. The van der Waals surface area contributed by atoms with Gasteiger partial charge in [0.2, 0.25) is 5.88 Å². The lowest BCUT2D eigenvalue weighted by molar-refractivity contribution is 0.202. The number of hydrogen-bond donors (Lipinski definition) is 1. The van der Waals surface area contributed by atoms with Gasteiger partial charge in [0.05, 0.1) is 18.9 Å². The fourth-order valence-electron chi connectivity index (χ4n) is 2.47. The van der Waals surface area contributed by atoms with Gasteiger partial charge in [-0.3, -0.25) is 0 Å². The Labute approximate surface area is 127 Å². The zero-order valence-electron chi connectivity index (χ0n) is 13.3. The van der Waals surface area contributed by atoms with E-state index in [9.17, 15) is 0 Å². The topological polar surface area (TPSA) is 60.6 Å². The molecule has 1 saturated carbocycles. The summed E-state index contributed by atoms with van der Waals surface area (Å²) in [5, 5.41) is 0. The maximum atomic E-state index is 5.95. The molecule has 1 unspecified atom stereocenters. The molecule has 2 N–H and O–H groups in total. The SMILES string of the molecule is CCCOc1nc(N(CCOC)C(C)C2CC2)ccc1N. The van der Waals surface area contributed by atoms with E-state index in [2.05, 4.69) is 23.7 Å². The van der Waals surface area contributed by atoms with Gasteiger partial charge in [-0.15, -0.1) is 0 Å². The molecule has 0 bridgehead atoms. The van der Waals surface area contributed by atoms with E-state index in [0.29, 0.717) is 30.8 Å². The van der Waals surface area contributed by atoms with E-state index in [0.717, 1.165) is 24.7 Å². The maximum absolute atomic E-state index is 5.95. The third-order valence-electron chi connectivity index (χ3n) is 3.94. The van der Waals surface area contributed by atoms with Crippen LogP contribution in [0.3, 0.4) is 0 Å². The van der Waals surface area contributed by atoms with Crippen molar-refractivity contribution >= 4 is 11.5 Å². The lowest BCUT2D eigenvalue weighted by Gasteiger charge is -2.30. The van der Waals surface area contributed by atoms with Crippen LogP contribution in [0.4, 0.5) is 11.5 Å². The summed E-state index contributed by atoms with van der Waals surface area (Å²) in [7, 11) is 1.73. The third kappa shape index (κ3) is 4.24. The molecule has 0 spiro atoms. The molecule has 1 aliphatic rings. The Bertz CT molecular complexity index is 449. The van der Waals surface area contributed by atoms with E-state index < -0.39 is 0 Å². The molecule has 0 saturated heterocycles. The highest BCUT2D eigenvalue weighted by molar-refractivity contribution is 5.55. The Balaban J connectivity index is 2.17. The second-order valence-corrected chi connectivity index (χ2v) is 5.68. The molecule has 2 rings (SSSR count). The summed E-state index contributed by atoms with van der Waals surface area (Å²) in [6, 6.07) is 4.32. The van der Waals surface area contributed by atoms with Crippen molar-refractivity contribution in [3.05, 3.63) is 12.1 Å². The molecule has 1 aromatic heterocycles. The van der Waals surface area contributed by atoms with Crippen LogP contribution in [0.1, 0.15) is 33.1 Å². The third-order valence-corrected chi connectivity index (χ3v) is 3.94. The normalized spacial score (nSPS) is 15.8. The molecule has 5 nitrogen and oxygen atoms in total. The second-order valence-electron chi connectivity index (χ2n) is 5.68. The van der Waals surface area contributed by atoms with Gasteiger partial charge in [-0.05, 0) is 44.2 Å². The summed E-state index contributed by atoms with van der Waals surface area (Å²) in [5.74, 6) is 2.23. The summed E-state index contributed by atoms with van der Waals surface area (Å²) in [6.45, 7) is 6.49. The van der Waals surface area contributed by atoms with Crippen LogP contribution in [-0.2, 0) is 4.74 Å². The van der Waals surface area contributed by atoms with E-state index in [1.165, 1.54) is 12.8 Å². The van der Waals surface area contributed by atoms with Crippen molar-refractivity contribution < 1.29 is 9.47 Å². The van der Waals surface area contributed by atoms with Gasteiger partial charge in [-0.25, -0.2) is 0 Å². The summed E-state index contributed by atoms with van der Waals surface area (Å²) in [6.07, 6.45) is 3.55. The second kappa shape index (κ2) is 7.50. The zero-order chi connectivity index (χ0) is 15.2. The van der Waals surface area contributed by atoms with Crippen molar-refractivity contribution in [3.8, 4) is 5.88 Å². The van der Waals surface area contributed by atoms with Crippen LogP contribution < -0.4 is 15.4 Å². The fraction of sp³-hybridized carbons (Fsp3) is 0.688. The smallest absolute Gasteiger partial charge is 0.239 e. The molecular formula is C16H27N3O2. The van der Waals surface area contributed by atoms with Gasteiger partial charge < -0.3 is 20.1 Å². The number of methoxy groups -OCH3 is 1. The quantitative estimate of drug-likeness (QED) is 0.758. The molecule has 0 aromatic carbocycles. The Morgan fingerprint density at radius 3 is 2.76 bits per heavy atom. The minimum Gasteiger partial charge on any atom is -0.476 e. The lowest BCUT2D eigenvalue weighted by atomic mass is 10.2. The number of aromatic nitrogens is 1. The monoisotopic (exact) mass is 293 g/mol. The van der Waals surface area contributed by atoms with Crippen LogP contribution in [0.15, 0.2) is 12.1 Å². The minimum atomic E-state index is 0.468. The average molecular weight is 293 g/mol. The standard InChI is InChI=1S/C16H27N3O2/c1-4-10-21-16-14(17)7-8-15(18-16)19(9-11-20-3)12(2)13-5-6-13/h7-8,12-13H,4-6,9-11,17H2,1-3H3. The van der Waals surface area contributed by atoms with Crippen LogP contribution >= 0.6 is 0 Å². The van der Waals surface area contributed by atoms with Crippen molar-refractivity contribution in [3.63, 3.8) is 0 Å². The molecule has 1 atom stereocenters. The Morgan fingerprint density at radius 2 is 2.14 bits per heavy atom. The number of ether oxygens (including phenoxy) is 2.